The molecule has 0 aliphatic rings. The standard InChI is InChI=1S/C19H32F2N4O3/c1-5-27-16-9-6-8-15(17(16)28-18(20)21)14-24-19(22-2)23-10-7-11-25(3)12-13-26-4/h6,8-9,18H,5,7,10-14H2,1-4H3,(H2,22,23,24). The number of alkyl halides is 2. The van der Waals surface area contributed by atoms with Gasteiger partial charge in [0.25, 0.3) is 0 Å². The number of para-hydroxylation sites is 1. The Hall–Kier alpha value is -2.13. The lowest BCUT2D eigenvalue weighted by atomic mass is 10.2. The molecule has 1 aromatic rings. The van der Waals surface area contributed by atoms with Gasteiger partial charge >= 0.3 is 6.61 Å². The van der Waals surface area contributed by atoms with E-state index in [1.165, 1.54) is 0 Å². The zero-order valence-corrected chi connectivity index (χ0v) is 17.1. The first kappa shape index (κ1) is 23.9. The summed E-state index contributed by atoms with van der Waals surface area (Å²) >= 11 is 0. The molecule has 9 heteroatoms. The summed E-state index contributed by atoms with van der Waals surface area (Å²) in [7, 11) is 5.39. The zero-order valence-electron chi connectivity index (χ0n) is 17.1. The normalized spacial score (nSPS) is 11.8. The second-order valence-electron chi connectivity index (χ2n) is 6.06. The summed E-state index contributed by atoms with van der Waals surface area (Å²) in [6, 6.07) is 5.06. The molecular weight excluding hydrogens is 370 g/mol. The number of likely N-dealkylation sites (N-methyl/N-ethyl adjacent to an activating group) is 1. The Morgan fingerprint density at radius 2 is 2.04 bits per heavy atom. The van der Waals surface area contributed by atoms with Gasteiger partial charge in [-0.1, -0.05) is 12.1 Å². The van der Waals surface area contributed by atoms with Crippen molar-refractivity contribution in [3.05, 3.63) is 23.8 Å². The Morgan fingerprint density at radius 3 is 2.68 bits per heavy atom. The first-order chi connectivity index (χ1) is 13.5. The smallest absolute Gasteiger partial charge is 0.387 e. The van der Waals surface area contributed by atoms with Crippen LogP contribution in [0.1, 0.15) is 18.9 Å². The van der Waals surface area contributed by atoms with Crippen LogP contribution in [0.2, 0.25) is 0 Å². The van der Waals surface area contributed by atoms with Crippen LogP contribution in [0.25, 0.3) is 0 Å². The van der Waals surface area contributed by atoms with Crippen LogP contribution in [0.15, 0.2) is 23.2 Å². The molecule has 0 saturated heterocycles. The molecule has 0 saturated carbocycles. The fourth-order valence-electron chi connectivity index (χ4n) is 2.51. The molecule has 0 radical (unpaired) electrons. The minimum atomic E-state index is -2.92. The number of nitrogens with one attached hydrogen (secondary N) is 2. The second-order valence-corrected chi connectivity index (χ2v) is 6.06. The summed E-state index contributed by atoms with van der Waals surface area (Å²) in [5.74, 6) is 0.926. The molecule has 2 N–H and O–H groups in total. The number of hydrogen-bond donors (Lipinski definition) is 2. The van der Waals surface area contributed by atoms with Gasteiger partial charge in [-0.15, -0.1) is 0 Å². The van der Waals surface area contributed by atoms with Crippen molar-refractivity contribution in [3.63, 3.8) is 0 Å². The quantitative estimate of drug-likeness (QED) is 0.300. The van der Waals surface area contributed by atoms with Crippen LogP contribution in [-0.4, -0.2) is 71.5 Å². The number of guanidine groups is 1. The Morgan fingerprint density at radius 1 is 1.25 bits per heavy atom. The lowest BCUT2D eigenvalue weighted by molar-refractivity contribution is -0.0520. The van der Waals surface area contributed by atoms with Crippen molar-refractivity contribution < 1.29 is 23.0 Å². The van der Waals surface area contributed by atoms with Gasteiger partial charge in [0.2, 0.25) is 0 Å². The average molecular weight is 402 g/mol. The van der Waals surface area contributed by atoms with Gasteiger partial charge in [-0.2, -0.15) is 8.78 Å². The highest BCUT2D eigenvalue weighted by molar-refractivity contribution is 5.79. The highest BCUT2D eigenvalue weighted by Gasteiger charge is 2.16. The Bertz CT molecular complexity index is 588. The molecule has 0 aromatic heterocycles. The minimum Gasteiger partial charge on any atom is -0.490 e. The Kier molecular flexibility index (Phi) is 11.9. The minimum absolute atomic E-state index is 0.0436. The molecule has 0 spiro atoms. The van der Waals surface area contributed by atoms with Gasteiger partial charge in [0.15, 0.2) is 17.5 Å². The van der Waals surface area contributed by atoms with Crippen LogP contribution >= 0.6 is 0 Å². The monoisotopic (exact) mass is 402 g/mol. The van der Waals surface area contributed by atoms with Crippen molar-refractivity contribution in [1.29, 1.82) is 0 Å². The highest BCUT2D eigenvalue weighted by Crippen LogP contribution is 2.32. The third-order valence-corrected chi connectivity index (χ3v) is 3.92. The summed E-state index contributed by atoms with van der Waals surface area (Å²) in [5.41, 5.74) is 0.563. The van der Waals surface area contributed by atoms with Gasteiger partial charge < -0.3 is 29.7 Å². The summed E-state index contributed by atoms with van der Waals surface area (Å²) in [5, 5.41) is 6.33. The van der Waals surface area contributed by atoms with E-state index in [4.69, 9.17) is 9.47 Å². The predicted octanol–water partition coefficient (Wildman–Crippen LogP) is 2.32. The summed E-state index contributed by atoms with van der Waals surface area (Å²) in [6.45, 7) is 2.74. The molecule has 28 heavy (non-hydrogen) atoms. The summed E-state index contributed by atoms with van der Waals surface area (Å²) in [6.07, 6.45) is 0.931. The van der Waals surface area contributed by atoms with Gasteiger partial charge in [0, 0.05) is 39.4 Å². The van der Waals surface area contributed by atoms with E-state index >= 15 is 0 Å². The number of methoxy groups -OCH3 is 1. The van der Waals surface area contributed by atoms with Crippen molar-refractivity contribution in [2.24, 2.45) is 4.99 Å². The zero-order chi connectivity index (χ0) is 20.8. The fourth-order valence-corrected chi connectivity index (χ4v) is 2.51. The maximum atomic E-state index is 12.8. The predicted molar refractivity (Wildman–Crippen MR) is 106 cm³/mol. The number of rotatable bonds is 13. The van der Waals surface area contributed by atoms with Crippen LogP contribution in [0.5, 0.6) is 11.5 Å². The summed E-state index contributed by atoms with van der Waals surface area (Å²) < 4.78 is 40.7. The summed E-state index contributed by atoms with van der Waals surface area (Å²) in [4.78, 5) is 6.35. The van der Waals surface area contributed by atoms with E-state index in [1.54, 1.807) is 39.3 Å². The Labute approximate surface area is 166 Å². The van der Waals surface area contributed by atoms with Gasteiger partial charge in [0.1, 0.15) is 0 Å². The maximum Gasteiger partial charge on any atom is 0.387 e. The van der Waals surface area contributed by atoms with Gasteiger partial charge in [-0.3, -0.25) is 4.99 Å². The fraction of sp³-hybridized carbons (Fsp3) is 0.632. The first-order valence-corrected chi connectivity index (χ1v) is 9.33. The third-order valence-electron chi connectivity index (χ3n) is 3.92. The molecule has 0 heterocycles. The number of benzene rings is 1. The van der Waals surface area contributed by atoms with Crippen LogP contribution in [-0.2, 0) is 11.3 Å². The van der Waals surface area contributed by atoms with Crippen molar-refractivity contribution >= 4 is 5.96 Å². The van der Waals surface area contributed by atoms with Gasteiger partial charge in [0.05, 0.1) is 13.2 Å². The van der Waals surface area contributed by atoms with Crippen molar-refractivity contribution in [3.8, 4) is 11.5 Å². The number of ether oxygens (including phenoxy) is 3. The van der Waals surface area contributed by atoms with E-state index in [9.17, 15) is 8.78 Å². The number of aliphatic imine (C=N–C) groups is 1. The highest BCUT2D eigenvalue weighted by atomic mass is 19.3. The number of halogens is 2. The van der Waals surface area contributed by atoms with E-state index in [1.807, 2.05) is 7.05 Å². The molecule has 0 aliphatic carbocycles. The SMILES string of the molecule is CCOc1cccc(CNC(=NC)NCCCN(C)CCOC)c1OC(F)F. The molecule has 0 bridgehead atoms. The molecule has 160 valence electrons. The van der Waals surface area contributed by atoms with Crippen molar-refractivity contribution in [2.45, 2.75) is 26.5 Å². The van der Waals surface area contributed by atoms with E-state index in [2.05, 4.69) is 25.3 Å². The van der Waals surface area contributed by atoms with Gasteiger partial charge in [-0.25, -0.2) is 0 Å². The van der Waals surface area contributed by atoms with E-state index in [0.717, 1.165) is 26.1 Å². The van der Waals surface area contributed by atoms with Crippen LogP contribution in [0.3, 0.4) is 0 Å². The molecule has 0 fully saturated rings. The number of hydrogen-bond acceptors (Lipinski definition) is 5. The molecule has 1 rings (SSSR count). The van der Waals surface area contributed by atoms with Gasteiger partial charge in [-0.05, 0) is 33.0 Å². The van der Waals surface area contributed by atoms with Crippen LogP contribution in [0.4, 0.5) is 8.78 Å². The van der Waals surface area contributed by atoms with Crippen LogP contribution < -0.4 is 20.1 Å². The second kappa shape index (κ2) is 14.0. The number of nitrogens with zero attached hydrogens (tertiary/aromatic N) is 2. The maximum absolute atomic E-state index is 12.8. The molecule has 1 aromatic carbocycles. The molecule has 0 amide bonds. The lowest BCUT2D eigenvalue weighted by Crippen LogP contribution is -2.38. The van der Waals surface area contributed by atoms with Crippen molar-refractivity contribution in [1.82, 2.24) is 15.5 Å². The topological polar surface area (TPSA) is 67.4 Å². The molecule has 0 atom stereocenters. The van der Waals surface area contributed by atoms with E-state index in [0.29, 0.717) is 30.5 Å². The first-order valence-electron chi connectivity index (χ1n) is 9.33. The third kappa shape index (κ3) is 9.18. The molecule has 0 unspecified atom stereocenters. The molecule has 7 nitrogen and oxygen atoms in total. The average Bonchev–Trinajstić information content (AvgIpc) is 2.67. The van der Waals surface area contributed by atoms with Crippen molar-refractivity contribution in [2.75, 3.05) is 54.1 Å². The van der Waals surface area contributed by atoms with E-state index in [-0.39, 0.29) is 12.3 Å². The van der Waals surface area contributed by atoms with Crippen LogP contribution in [0, 0.1) is 0 Å². The largest absolute Gasteiger partial charge is 0.490 e. The lowest BCUT2D eigenvalue weighted by Gasteiger charge is -2.18. The molecule has 0 aliphatic heterocycles. The Balaban J connectivity index is 2.55. The molecular formula is C19H32F2N4O3. The van der Waals surface area contributed by atoms with E-state index < -0.39 is 6.61 Å².